The Labute approximate surface area is 164 Å². The molecule has 5 heteroatoms. The number of amides is 2. The minimum absolute atomic E-state index is 0.141. The standard InChI is InChI=1S/C23H24N2O3/c1-16-8-5-12-19(22(16)23(27)24-2)25-21(26)14-7-15-28-20-13-6-10-17-9-3-4-11-18(17)20/h3-6,8-13H,7,14-15H2,1-2H3,(H,24,27)(H,25,26). The van der Waals surface area contributed by atoms with Gasteiger partial charge in [-0.1, -0.05) is 48.5 Å². The molecule has 0 aromatic heterocycles. The van der Waals surface area contributed by atoms with Crippen LogP contribution in [-0.2, 0) is 4.79 Å². The quantitative estimate of drug-likeness (QED) is 0.604. The van der Waals surface area contributed by atoms with E-state index in [0.717, 1.165) is 22.1 Å². The Bertz CT molecular complexity index is 993. The van der Waals surface area contributed by atoms with Gasteiger partial charge in [-0.3, -0.25) is 9.59 Å². The van der Waals surface area contributed by atoms with Crippen LogP contribution in [0.3, 0.4) is 0 Å². The molecule has 0 saturated carbocycles. The number of anilines is 1. The van der Waals surface area contributed by atoms with E-state index in [1.165, 1.54) is 0 Å². The Morgan fingerprint density at radius 3 is 2.54 bits per heavy atom. The van der Waals surface area contributed by atoms with E-state index in [-0.39, 0.29) is 11.8 Å². The van der Waals surface area contributed by atoms with Crippen LogP contribution in [0, 0.1) is 6.92 Å². The number of benzene rings is 3. The van der Waals surface area contributed by atoms with Crippen molar-refractivity contribution in [1.82, 2.24) is 5.32 Å². The number of nitrogens with one attached hydrogen (secondary N) is 2. The molecule has 0 bridgehead atoms. The molecule has 0 radical (unpaired) electrons. The van der Waals surface area contributed by atoms with Crippen LogP contribution in [0.2, 0.25) is 0 Å². The third kappa shape index (κ3) is 4.49. The highest BCUT2D eigenvalue weighted by Gasteiger charge is 2.14. The van der Waals surface area contributed by atoms with Gasteiger partial charge in [0.05, 0.1) is 17.9 Å². The summed E-state index contributed by atoms with van der Waals surface area (Å²) in [5, 5.41) is 7.63. The molecule has 0 heterocycles. The summed E-state index contributed by atoms with van der Waals surface area (Å²) in [7, 11) is 1.57. The van der Waals surface area contributed by atoms with Crippen molar-refractivity contribution < 1.29 is 14.3 Å². The third-order valence-electron chi connectivity index (χ3n) is 4.56. The molecule has 0 aliphatic heterocycles. The number of hydrogen-bond donors (Lipinski definition) is 2. The number of rotatable bonds is 7. The van der Waals surface area contributed by atoms with E-state index in [1.54, 1.807) is 13.1 Å². The molecule has 3 aromatic rings. The van der Waals surface area contributed by atoms with Crippen LogP contribution in [-0.4, -0.2) is 25.5 Å². The minimum Gasteiger partial charge on any atom is -0.493 e. The second-order valence-corrected chi connectivity index (χ2v) is 6.55. The van der Waals surface area contributed by atoms with Crippen molar-refractivity contribution in [2.24, 2.45) is 0 Å². The maximum absolute atomic E-state index is 12.3. The fourth-order valence-electron chi connectivity index (χ4n) is 3.15. The van der Waals surface area contributed by atoms with Crippen molar-refractivity contribution in [2.75, 3.05) is 19.0 Å². The fraction of sp³-hybridized carbons (Fsp3) is 0.217. The number of carbonyl (C=O) groups is 2. The van der Waals surface area contributed by atoms with E-state index in [2.05, 4.69) is 10.6 Å². The zero-order valence-corrected chi connectivity index (χ0v) is 16.1. The zero-order valence-electron chi connectivity index (χ0n) is 16.1. The summed E-state index contributed by atoms with van der Waals surface area (Å²) in [6.45, 7) is 2.29. The number of fused-ring (bicyclic) bond motifs is 1. The fourth-order valence-corrected chi connectivity index (χ4v) is 3.15. The molecule has 2 amide bonds. The van der Waals surface area contributed by atoms with Crippen LogP contribution in [0.5, 0.6) is 5.75 Å². The van der Waals surface area contributed by atoms with Gasteiger partial charge < -0.3 is 15.4 Å². The smallest absolute Gasteiger partial charge is 0.253 e. The zero-order chi connectivity index (χ0) is 19.9. The molecule has 3 aromatic carbocycles. The molecule has 3 rings (SSSR count). The van der Waals surface area contributed by atoms with Crippen LogP contribution < -0.4 is 15.4 Å². The van der Waals surface area contributed by atoms with Gasteiger partial charge in [0, 0.05) is 18.9 Å². The lowest BCUT2D eigenvalue weighted by atomic mass is 10.1. The van der Waals surface area contributed by atoms with Crippen molar-refractivity contribution >= 4 is 28.3 Å². The summed E-state index contributed by atoms with van der Waals surface area (Å²) in [6, 6.07) is 19.4. The lowest BCUT2D eigenvalue weighted by molar-refractivity contribution is -0.116. The van der Waals surface area contributed by atoms with E-state index >= 15 is 0 Å². The molecular formula is C23H24N2O3. The molecule has 0 spiro atoms. The summed E-state index contributed by atoms with van der Waals surface area (Å²) in [5.41, 5.74) is 1.83. The molecule has 28 heavy (non-hydrogen) atoms. The van der Waals surface area contributed by atoms with Crippen LogP contribution >= 0.6 is 0 Å². The molecule has 5 nitrogen and oxygen atoms in total. The highest BCUT2D eigenvalue weighted by molar-refractivity contribution is 6.04. The summed E-state index contributed by atoms with van der Waals surface area (Å²) in [6.07, 6.45) is 0.891. The molecular weight excluding hydrogens is 352 g/mol. The number of aryl methyl sites for hydroxylation is 1. The molecule has 0 saturated heterocycles. The van der Waals surface area contributed by atoms with Gasteiger partial charge in [0.25, 0.3) is 5.91 Å². The van der Waals surface area contributed by atoms with Gasteiger partial charge in [0.2, 0.25) is 5.91 Å². The average molecular weight is 376 g/mol. The van der Waals surface area contributed by atoms with Crippen LogP contribution in [0.15, 0.2) is 60.7 Å². The molecule has 0 unspecified atom stereocenters. The summed E-state index contributed by atoms with van der Waals surface area (Å²) in [5.74, 6) is 0.462. The molecule has 0 fully saturated rings. The van der Waals surface area contributed by atoms with Crippen molar-refractivity contribution in [3.05, 3.63) is 71.8 Å². The Morgan fingerprint density at radius 1 is 0.964 bits per heavy atom. The summed E-state index contributed by atoms with van der Waals surface area (Å²) >= 11 is 0. The second-order valence-electron chi connectivity index (χ2n) is 6.55. The van der Waals surface area contributed by atoms with Crippen LogP contribution in [0.4, 0.5) is 5.69 Å². The summed E-state index contributed by atoms with van der Waals surface area (Å²) < 4.78 is 5.87. The lowest BCUT2D eigenvalue weighted by Gasteiger charge is -2.13. The maximum Gasteiger partial charge on any atom is 0.253 e. The number of hydrogen-bond acceptors (Lipinski definition) is 3. The van der Waals surface area contributed by atoms with Gasteiger partial charge in [-0.2, -0.15) is 0 Å². The topological polar surface area (TPSA) is 67.4 Å². The minimum atomic E-state index is -0.215. The normalized spacial score (nSPS) is 10.5. The second kappa shape index (κ2) is 9.04. The largest absolute Gasteiger partial charge is 0.493 e. The highest BCUT2D eigenvalue weighted by Crippen LogP contribution is 2.25. The van der Waals surface area contributed by atoms with Crippen molar-refractivity contribution in [3.8, 4) is 5.75 Å². The first-order valence-corrected chi connectivity index (χ1v) is 9.32. The first-order valence-electron chi connectivity index (χ1n) is 9.32. The average Bonchev–Trinajstić information content (AvgIpc) is 2.71. The monoisotopic (exact) mass is 376 g/mol. The van der Waals surface area contributed by atoms with Gasteiger partial charge >= 0.3 is 0 Å². The van der Waals surface area contributed by atoms with Gasteiger partial charge in [-0.25, -0.2) is 0 Å². The Balaban J connectivity index is 1.56. The Hall–Kier alpha value is -3.34. The van der Waals surface area contributed by atoms with Gasteiger partial charge in [0.1, 0.15) is 5.75 Å². The van der Waals surface area contributed by atoms with Crippen molar-refractivity contribution in [3.63, 3.8) is 0 Å². The van der Waals surface area contributed by atoms with E-state index in [4.69, 9.17) is 4.74 Å². The van der Waals surface area contributed by atoms with Crippen LogP contribution in [0.25, 0.3) is 10.8 Å². The van der Waals surface area contributed by atoms with Crippen molar-refractivity contribution in [2.45, 2.75) is 19.8 Å². The van der Waals surface area contributed by atoms with E-state index < -0.39 is 0 Å². The van der Waals surface area contributed by atoms with E-state index in [9.17, 15) is 9.59 Å². The first kappa shape index (κ1) is 19.4. The molecule has 0 atom stereocenters. The summed E-state index contributed by atoms with van der Waals surface area (Å²) in [4.78, 5) is 24.4. The third-order valence-corrected chi connectivity index (χ3v) is 4.56. The first-order chi connectivity index (χ1) is 13.6. The van der Waals surface area contributed by atoms with Gasteiger partial charge in [-0.15, -0.1) is 0 Å². The number of ether oxygens (including phenoxy) is 1. The lowest BCUT2D eigenvalue weighted by Crippen LogP contribution is -2.22. The molecule has 144 valence electrons. The van der Waals surface area contributed by atoms with Crippen molar-refractivity contribution in [1.29, 1.82) is 0 Å². The molecule has 0 aliphatic carbocycles. The Kier molecular flexibility index (Phi) is 6.27. The predicted octanol–water partition coefficient (Wildman–Crippen LogP) is 4.31. The van der Waals surface area contributed by atoms with Gasteiger partial charge in [0.15, 0.2) is 0 Å². The number of carbonyl (C=O) groups excluding carboxylic acids is 2. The maximum atomic E-state index is 12.3. The van der Waals surface area contributed by atoms with E-state index in [1.807, 2.05) is 61.5 Å². The van der Waals surface area contributed by atoms with Crippen LogP contribution in [0.1, 0.15) is 28.8 Å². The van der Waals surface area contributed by atoms with Gasteiger partial charge in [-0.05, 0) is 36.4 Å². The highest BCUT2D eigenvalue weighted by atomic mass is 16.5. The SMILES string of the molecule is CNC(=O)c1c(C)cccc1NC(=O)CCCOc1cccc2ccccc12. The molecule has 2 N–H and O–H groups in total. The van der Waals surface area contributed by atoms with E-state index in [0.29, 0.717) is 30.7 Å². The Morgan fingerprint density at radius 2 is 1.71 bits per heavy atom. The molecule has 0 aliphatic rings. The predicted molar refractivity (Wildman–Crippen MR) is 112 cm³/mol.